The van der Waals surface area contributed by atoms with Gasteiger partial charge in [0.2, 0.25) is 0 Å². The molecular formula is C25H23ClIN3O6. The van der Waals surface area contributed by atoms with Crippen LogP contribution in [0.2, 0.25) is 5.02 Å². The van der Waals surface area contributed by atoms with Crippen molar-refractivity contribution in [3.05, 3.63) is 74.3 Å². The normalized spacial score (nSPS) is 10.6. The third-order valence-electron chi connectivity index (χ3n) is 4.75. The summed E-state index contributed by atoms with van der Waals surface area (Å²) in [6, 6.07) is 15.0. The van der Waals surface area contributed by atoms with Crippen molar-refractivity contribution in [3.8, 4) is 23.0 Å². The first-order valence-electron chi connectivity index (χ1n) is 10.5. The van der Waals surface area contributed by atoms with E-state index in [1.807, 2.05) is 0 Å². The van der Waals surface area contributed by atoms with Crippen molar-refractivity contribution in [2.45, 2.75) is 0 Å². The van der Waals surface area contributed by atoms with Gasteiger partial charge < -0.3 is 24.3 Å². The number of amides is 2. The number of hydrazone groups is 1. The Bertz CT molecular complexity index is 1270. The number of benzene rings is 3. The van der Waals surface area contributed by atoms with E-state index in [4.69, 9.17) is 30.5 Å². The van der Waals surface area contributed by atoms with Crippen LogP contribution >= 0.6 is 34.2 Å². The third kappa shape index (κ3) is 7.25. The maximum atomic E-state index is 12.4. The molecule has 0 heterocycles. The Morgan fingerprint density at radius 1 is 0.944 bits per heavy atom. The number of ether oxygens (including phenoxy) is 4. The first-order chi connectivity index (χ1) is 17.3. The highest BCUT2D eigenvalue weighted by atomic mass is 127. The van der Waals surface area contributed by atoms with Crippen molar-refractivity contribution in [2.24, 2.45) is 5.10 Å². The van der Waals surface area contributed by atoms with E-state index in [2.05, 4.69) is 38.4 Å². The molecule has 0 saturated heterocycles. The van der Waals surface area contributed by atoms with Gasteiger partial charge in [-0.25, -0.2) is 5.43 Å². The van der Waals surface area contributed by atoms with Crippen LogP contribution in [0.4, 0.5) is 5.69 Å². The summed E-state index contributed by atoms with van der Waals surface area (Å²) in [5.74, 6) is 1.03. The molecule has 3 aromatic rings. The predicted molar refractivity (Wildman–Crippen MR) is 146 cm³/mol. The molecule has 0 saturated carbocycles. The number of halogens is 2. The van der Waals surface area contributed by atoms with Gasteiger partial charge in [-0.1, -0.05) is 11.6 Å². The summed E-state index contributed by atoms with van der Waals surface area (Å²) in [6.45, 7) is -0.218. The third-order valence-corrected chi connectivity index (χ3v) is 5.81. The van der Waals surface area contributed by atoms with Crippen LogP contribution < -0.4 is 29.7 Å². The summed E-state index contributed by atoms with van der Waals surface area (Å²) in [5.41, 5.74) is 4.09. The van der Waals surface area contributed by atoms with Gasteiger partial charge in [-0.05, 0) is 82.8 Å². The van der Waals surface area contributed by atoms with Crippen LogP contribution in [-0.2, 0) is 4.79 Å². The van der Waals surface area contributed by atoms with Crippen LogP contribution in [0.15, 0.2) is 59.7 Å². The Morgan fingerprint density at radius 3 is 2.31 bits per heavy atom. The minimum atomic E-state index is -0.416. The summed E-state index contributed by atoms with van der Waals surface area (Å²) in [4.78, 5) is 24.7. The number of hydrogen-bond acceptors (Lipinski definition) is 7. The first kappa shape index (κ1) is 27.1. The molecule has 0 fully saturated rings. The van der Waals surface area contributed by atoms with Gasteiger partial charge in [0.15, 0.2) is 29.6 Å². The first-order valence-corrected chi connectivity index (χ1v) is 11.9. The highest BCUT2D eigenvalue weighted by molar-refractivity contribution is 14.1. The number of hydrogen-bond donors (Lipinski definition) is 2. The smallest absolute Gasteiger partial charge is 0.271 e. The Morgan fingerprint density at radius 2 is 1.64 bits per heavy atom. The van der Waals surface area contributed by atoms with Crippen molar-refractivity contribution < 1.29 is 28.5 Å². The second-order valence-corrected chi connectivity index (χ2v) is 8.75. The largest absolute Gasteiger partial charge is 0.493 e. The average molecular weight is 624 g/mol. The van der Waals surface area contributed by atoms with E-state index in [9.17, 15) is 9.59 Å². The summed E-state index contributed by atoms with van der Waals surface area (Å²) in [6.07, 6.45) is 1.47. The summed E-state index contributed by atoms with van der Waals surface area (Å²) < 4.78 is 22.2. The maximum absolute atomic E-state index is 12.4. The lowest BCUT2D eigenvalue weighted by molar-refractivity contribution is -0.118. The molecule has 0 aliphatic heterocycles. The molecule has 0 aliphatic carbocycles. The molecule has 2 N–H and O–H groups in total. The van der Waals surface area contributed by atoms with Gasteiger partial charge >= 0.3 is 0 Å². The van der Waals surface area contributed by atoms with Crippen molar-refractivity contribution in [3.63, 3.8) is 0 Å². The number of anilines is 1. The average Bonchev–Trinajstić information content (AvgIpc) is 2.88. The molecule has 3 aromatic carbocycles. The minimum Gasteiger partial charge on any atom is -0.493 e. The summed E-state index contributed by atoms with van der Waals surface area (Å²) >= 11 is 7.93. The van der Waals surface area contributed by atoms with Gasteiger partial charge in [-0.15, -0.1) is 0 Å². The number of rotatable bonds is 10. The Kier molecular flexibility index (Phi) is 9.77. The van der Waals surface area contributed by atoms with Gasteiger partial charge in [0.05, 0.1) is 31.1 Å². The molecule has 0 aromatic heterocycles. The lowest BCUT2D eigenvalue weighted by atomic mass is 10.2. The molecule has 3 rings (SSSR count). The number of nitrogens with zero attached hydrogens (tertiary/aromatic N) is 1. The van der Waals surface area contributed by atoms with Crippen LogP contribution in [-0.4, -0.2) is 46.0 Å². The topological polar surface area (TPSA) is 107 Å². The highest BCUT2D eigenvalue weighted by Crippen LogP contribution is 2.33. The number of nitrogens with one attached hydrogen (secondary N) is 2. The fraction of sp³-hybridized carbons (Fsp3) is 0.160. The molecule has 188 valence electrons. The van der Waals surface area contributed by atoms with Crippen LogP contribution in [0.25, 0.3) is 0 Å². The standard InChI is InChI=1S/C25H23ClIN3O6/c1-33-20-9-4-16(12-21(20)34-2)25(32)30-28-13-15-10-19(27)24(22(11-15)35-3)36-14-23(31)29-18-7-5-17(26)6-8-18/h4-13H,14H2,1-3H3,(H,29,31)(H,30,32)/b28-13+. The monoisotopic (exact) mass is 623 g/mol. The highest BCUT2D eigenvalue weighted by Gasteiger charge is 2.14. The Balaban J connectivity index is 1.63. The molecule has 36 heavy (non-hydrogen) atoms. The second kappa shape index (κ2) is 13.0. The van der Waals surface area contributed by atoms with Crippen LogP contribution in [0.3, 0.4) is 0 Å². The van der Waals surface area contributed by atoms with E-state index in [1.54, 1.807) is 54.6 Å². The zero-order valence-corrected chi connectivity index (χ0v) is 22.5. The van der Waals surface area contributed by atoms with Crippen molar-refractivity contribution in [1.29, 1.82) is 0 Å². The van der Waals surface area contributed by atoms with E-state index in [1.165, 1.54) is 27.5 Å². The fourth-order valence-corrected chi connectivity index (χ4v) is 3.94. The van der Waals surface area contributed by atoms with Gasteiger partial charge in [0.1, 0.15) is 0 Å². The molecule has 0 bridgehead atoms. The lowest BCUT2D eigenvalue weighted by Gasteiger charge is -2.13. The molecule has 0 spiro atoms. The zero-order valence-electron chi connectivity index (χ0n) is 19.6. The molecule has 0 aliphatic rings. The van der Waals surface area contributed by atoms with E-state index in [-0.39, 0.29) is 12.5 Å². The molecule has 9 nitrogen and oxygen atoms in total. The summed E-state index contributed by atoms with van der Waals surface area (Å²) in [7, 11) is 4.50. The van der Waals surface area contributed by atoms with Crippen LogP contribution in [0.1, 0.15) is 15.9 Å². The van der Waals surface area contributed by atoms with Gasteiger partial charge in [0, 0.05) is 16.3 Å². The molecule has 0 atom stereocenters. The Hall–Kier alpha value is -3.51. The molecule has 0 radical (unpaired) electrons. The Labute approximate surface area is 226 Å². The van der Waals surface area contributed by atoms with Crippen molar-refractivity contribution >= 4 is 57.9 Å². The van der Waals surface area contributed by atoms with E-state index >= 15 is 0 Å². The van der Waals surface area contributed by atoms with Crippen LogP contribution in [0, 0.1) is 3.57 Å². The maximum Gasteiger partial charge on any atom is 0.271 e. The van der Waals surface area contributed by atoms with Crippen molar-refractivity contribution in [1.82, 2.24) is 5.43 Å². The lowest BCUT2D eigenvalue weighted by Crippen LogP contribution is -2.20. The number of methoxy groups -OCH3 is 3. The summed E-state index contributed by atoms with van der Waals surface area (Å²) in [5, 5.41) is 7.33. The second-order valence-electron chi connectivity index (χ2n) is 7.15. The van der Waals surface area contributed by atoms with E-state index in [0.29, 0.717) is 48.4 Å². The number of carbonyl (C=O) groups excluding carboxylic acids is 2. The predicted octanol–water partition coefficient (Wildman–Crippen LogP) is 4.75. The molecule has 2 amide bonds. The SMILES string of the molecule is COc1ccc(C(=O)N/N=C/c2cc(I)c(OCC(=O)Nc3ccc(Cl)cc3)c(OC)c2)cc1OC. The zero-order chi connectivity index (χ0) is 26.1. The van der Waals surface area contributed by atoms with Crippen LogP contribution in [0.5, 0.6) is 23.0 Å². The quantitative estimate of drug-likeness (QED) is 0.192. The molecular weight excluding hydrogens is 601 g/mol. The minimum absolute atomic E-state index is 0.218. The van der Waals surface area contributed by atoms with Gasteiger partial charge in [-0.2, -0.15) is 5.10 Å². The number of carbonyl (C=O) groups is 2. The molecule has 0 unspecified atom stereocenters. The van der Waals surface area contributed by atoms with Gasteiger partial charge in [-0.3, -0.25) is 9.59 Å². The van der Waals surface area contributed by atoms with E-state index in [0.717, 1.165) is 0 Å². The van der Waals surface area contributed by atoms with E-state index < -0.39 is 5.91 Å². The molecule has 11 heteroatoms. The van der Waals surface area contributed by atoms with Crippen molar-refractivity contribution in [2.75, 3.05) is 33.3 Å². The van der Waals surface area contributed by atoms with Gasteiger partial charge in [0.25, 0.3) is 11.8 Å². The fourth-order valence-electron chi connectivity index (χ4n) is 3.03.